The first-order chi connectivity index (χ1) is 8.88. The van der Waals surface area contributed by atoms with Gasteiger partial charge in [-0.15, -0.1) is 0 Å². The van der Waals surface area contributed by atoms with E-state index in [1.807, 2.05) is 6.20 Å². The summed E-state index contributed by atoms with van der Waals surface area (Å²) >= 11 is 0. The smallest absolute Gasteiger partial charge is 0.0460 e. The van der Waals surface area contributed by atoms with Crippen LogP contribution in [0.1, 0.15) is 25.3 Å². The van der Waals surface area contributed by atoms with Crippen LogP contribution in [-0.2, 0) is 0 Å². The first-order valence-corrected chi connectivity index (χ1v) is 6.86. The molecule has 0 bridgehead atoms. The average Bonchev–Trinajstić information content (AvgIpc) is 2.87. The summed E-state index contributed by atoms with van der Waals surface area (Å²) < 4.78 is 0. The fourth-order valence-corrected chi connectivity index (χ4v) is 2.87. The predicted molar refractivity (Wildman–Crippen MR) is 77.6 cm³/mol. The standard InChI is InChI=1S/C16H20N2/c1-2-10-18-11-4-5-13(12-18)14-6-3-7-16-15(14)8-9-17-16/h3,5-9,17H,2,4,10-12H2,1H3. The van der Waals surface area contributed by atoms with Crippen molar-refractivity contribution in [2.45, 2.75) is 19.8 Å². The van der Waals surface area contributed by atoms with Crippen LogP contribution in [0.5, 0.6) is 0 Å². The van der Waals surface area contributed by atoms with Crippen LogP contribution >= 0.6 is 0 Å². The van der Waals surface area contributed by atoms with Crippen molar-refractivity contribution in [1.82, 2.24) is 9.88 Å². The van der Waals surface area contributed by atoms with E-state index in [9.17, 15) is 0 Å². The summed E-state index contributed by atoms with van der Waals surface area (Å²) in [5.41, 5.74) is 4.12. The number of rotatable bonds is 3. The van der Waals surface area contributed by atoms with Gasteiger partial charge >= 0.3 is 0 Å². The third-order valence-electron chi connectivity index (χ3n) is 3.71. The molecule has 0 saturated heterocycles. The first kappa shape index (κ1) is 11.5. The zero-order valence-corrected chi connectivity index (χ0v) is 10.9. The number of benzene rings is 1. The van der Waals surface area contributed by atoms with Crippen molar-refractivity contribution in [3.63, 3.8) is 0 Å². The molecule has 1 aliphatic heterocycles. The molecule has 2 nitrogen and oxygen atoms in total. The van der Waals surface area contributed by atoms with Crippen LogP contribution in [0.25, 0.3) is 16.5 Å². The van der Waals surface area contributed by atoms with E-state index >= 15 is 0 Å². The largest absolute Gasteiger partial charge is 0.361 e. The topological polar surface area (TPSA) is 19.0 Å². The van der Waals surface area contributed by atoms with Gasteiger partial charge in [-0.05, 0) is 42.7 Å². The number of fused-ring (bicyclic) bond motifs is 1. The summed E-state index contributed by atoms with van der Waals surface area (Å²) in [6, 6.07) is 8.72. The van der Waals surface area contributed by atoms with Gasteiger partial charge in [0.05, 0.1) is 0 Å². The highest BCUT2D eigenvalue weighted by molar-refractivity contribution is 5.92. The molecule has 1 aromatic heterocycles. The van der Waals surface area contributed by atoms with Crippen LogP contribution in [0.15, 0.2) is 36.5 Å². The molecule has 0 aliphatic carbocycles. The second-order valence-corrected chi connectivity index (χ2v) is 5.04. The molecule has 3 rings (SSSR count). The Morgan fingerprint density at radius 3 is 3.11 bits per heavy atom. The number of hydrogen-bond donors (Lipinski definition) is 1. The lowest BCUT2D eigenvalue weighted by Gasteiger charge is -2.27. The second-order valence-electron chi connectivity index (χ2n) is 5.04. The third-order valence-corrected chi connectivity index (χ3v) is 3.71. The minimum atomic E-state index is 1.10. The Morgan fingerprint density at radius 2 is 2.22 bits per heavy atom. The van der Waals surface area contributed by atoms with E-state index in [2.05, 4.69) is 47.1 Å². The van der Waals surface area contributed by atoms with Gasteiger partial charge in [0.25, 0.3) is 0 Å². The lowest BCUT2D eigenvalue weighted by atomic mass is 9.98. The fraction of sp³-hybridized carbons (Fsp3) is 0.375. The summed E-state index contributed by atoms with van der Waals surface area (Å²) in [6.07, 6.45) is 6.85. The van der Waals surface area contributed by atoms with Crippen molar-refractivity contribution < 1.29 is 0 Å². The summed E-state index contributed by atoms with van der Waals surface area (Å²) in [5, 5.41) is 1.35. The van der Waals surface area contributed by atoms with Crippen LogP contribution in [-0.4, -0.2) is 29.5 Å². The summed E-state index contributed by atoms with van der Waals surface area (Å²) in [7, 11) is 0. The van der Waals surface area contributed by atoms with Gasteiger partial charge in [0.2, 0.25) is 0 Å². The molecule has 1 N–H and O–H groups in total. The van der Waals surface area contributed by atoms with Crippen molar-refractivity contribution in [1.29, 1.82) is 0 Å². The molecule has 0 atom stereocenters. The van der Waals surface area contributed by atoms with Crippen LogP contribution < -0.4 is 0 Å². The normalized spacial score (nSPS) is 17.1. The van der Waals surface area contributed by atoms with Crippen molar-refractivity contribution in [2.75, 3.05) is 19.6 Å². The van der Waals surface area contributed by atoms with Crippen molar-refractivity contribution in [2.24, 2.45) is 0 Å². The Morgan fingerprint density at radius 1 is 1.28 bits per heavy atom. The highest BCUT2D eigenvalue weighted by atomic mass is 15.1. The van der Waals surface area contributed by atoms with Gasteiger partial charge in [0, 0.05) is 30.2 Å². The maximum absolute atomic E-state index is 3.29. The molecule has 0 saturated carbocycles. The van der Waals surface area contributed by atoms with Gasteiger partial charge in [-0.2, -0.15) is 0 Å². The second kappa shape index (κ2) is 4.99. The van der Waals surface area contributed by atoms with Crippen molar-refractivity contribution in [3.8, 4) is 0 Å². The van der Waals surface area contributed by atoms with Crippen molar-refractivity contribution >= 4 is 16.5 Å². The Bertz CT molecular complexity index is 565. The highest BCUT2D eigenvalue weighted by Gasteiger charge is 2.14. The highest BCUT2D eigenvalue weighted by Crippen LogP contribution is 2.27. The van der Waals surface area contributed by atoms with Crippen LogP contribution in [0, 0.1) is 0 Å². The number of H-pyrrole nitrogens is 1. The van der Waals surface area contributed by atoms with Gasteiger partial charge < -0.3 is 4.98 Å². The van der Waals surface area contributed by atoms with E-state index in [0.717, 1.165) is 6.54 Å². The monoisotopic (exact) mass is 240 g/mol. The van der Waals surface area contributed by atoms with Crippen LogP contribution in [0.4, 0.5) is 0 Å². The van der Waals surface area contributed by atoms with E-state index < -0.39 is 0 Å². The van der Waals surface area contributed by atoms with Gasteiger partial charge in [0.1, 0.15) is 0 Å². The zero-order valence-electron chi connectivity index (χ0n) is 10.9. The Kier molecular flexibility index (Phi) is 3.20. The molecular weight excluding hydrogens is 220 g/mol. The molecule has 2 heteroatoms. The van der Waals surface area contributed by atoms with E-state index in [4.69, 9.17) is 0 Å². The molecule has 0 unspecified atom stereocenters. The summed E-state index contributed by atoms with van der Waals surface area (Å²) in [5.74, 6) is 0. The quantitative estimate of drug-likeness (QED) is 0.867. The van der Waals surface area contributed by atoms with E-state index in [1.165, 1.54) is 48.0 Å². The molecule has 0 amide bonds. The van der Waals surface area contributed by atoms with E-state index in [-0.39, 0.29) is 0 Å². The Labute approximate surface area is 108 Å². The summed E-state index contributed by atoms with van der Waals surface area (Å²) in [4.78, 5) is 5.85. The summed E-state index contributed by atoms with van der Waals surface area (Å²) in [6.45, 7) is 5.77. The van der Waals surface area contributed by atoms with E-state index in [1.54, 1.807) is 0 Å². The minimum absolute atomic E-state index is 1.10. The minimum Gasteiger partial charge on any atom is -0.361 e. The lowest BCUT2D eigenvalue weighted by Crippen LogP contribution is -2.30. The van der Waals surface area contributed by atoms with Crippen LogP contribution in [0.3, 0.4) is 0 Å². The number of aromatic amines is 1. The molecule has 0 spiro atoms. The first-order valence-electron chi connectivity index (χ1n) is 6.86. The predicted octanol–water partition coefficient (Wildman–Crippen LogP) is 3.67. The zero-order chi connectivity index (χ0) is 12.4. The molecule has 1 aromatic carbocycles. The maximum atomic E-state index is 3.29. The maximum Gasteiger partial charge on any atom is 0.0460 e. The average molecular weight is 240 g/mol. The number of nitrogens with zero attached hydrogens (tertiary/aromatic N) is 1. The lowest BCUT2D eigenvalue weighted by molar-refractivity contribution is 0.305. The molecule has 18 heavy (non-hydrogen) atoms. The van der Waals surface area contributed by atoms with Crippen LogP contribution in [0.2, 0.25) is 0 Å². The Balaban J connectivity index is 1.94. The number of aromatic nitrogens is 1. The molecule has 1 aliphatic rings. The third kappa shape index (κ3) is 2.08. The molecule has 2 heterocycles. The number of nitrogens with one attached hydrogen (secondary N) is 1. The molecular formula is C16H20N2. The van der Waals surface area contributed by atoms with Gasteiger partial charge in [0.15, 0.2) is 0 Å². The van der Waals surface area contributed by atoms with Crippen molar-refractivity contribution in [3.05, 3.63) is 42.1 Å². The van der Waals surface area contributed by atoms with E-state index in [0.29, 0.717) is 0 Å². The fourth-order valence-electron chi connectivity index (χ4n) is 2.87. The van der Waals surface area contributed by atoms with Gasteiger partial charge in [-0.25, -0.2) is 0 Å². The molecule has 2 aromatic rings. The molecule has 0 radical (unpaired) electrons. The number of hydrogen-bond acceptors (Lipinski definition) is 1. The van der Waals surface area contributed by atoms with Gasteiger partial charge in [-0.1, -0.05) is 25.1 Å². The molecule has 0 fully saturated rings. The SMILES string of the molecule is CCCN1CCC=C(c2cccc3[nH]ccc23)C1. The van der Waals surface area contributed by atoms with Gasteiger partial charge in [-0.3, -0.25) is 4.90 Å². The Hall–Kier alpha value is -1.54. The molecule has 94 valence electrons.